The summed E-state index contributed by atoms with van der Waals surface area (Å²) in [6, 6.07) is 1.98. The van der Waals surface area contributed by atoms with Crippen LogP contribution in [0.5, 0.6) is 5.75 Å². The number of hydrogen-bond acceptors (Lipinski definition) is 5. The molecule has 0 radical (unpaired) electrons. The number of primary amides is 1. The largest absolute Gasteiger partial charge is 0.482 e. The quantitative estimate of drug-likeness (QED) is 0.537. The van der Waals surface area contributed by atoms with Gasteiger partial charge >= 0.3 is 0 Å². The van der Waals surface area contributed by atoms with Gasteiger partial charge in [-0.25, -0.2) is 0 Å². The highest BCUT2D eigenvalue weighted by Crippen LogP contribution is 2.40. The van der Waals surface area contributed by atoms with Gasteiger partial charge in [0.2, 0.25) is 11.8 Å². The fourth-order valence-electron chi connectivity index (χ4n) is 3.66. The summed E-state index contributed by atoms with van der Waals surface area (Å²) in [6.45, 7) is 1.76. The summed E-state index contributed by atoms with van der Waals surface area (Å²) in [5, 5.41) is 22.9. The topological polar surface area (TPSA) is 122 Å². The summed E-state index contributed by atoms with van der Waals surface area (Å²) < 4.78 is 6.85. The van der Waals surface area contributed by atoms with Crippen LogP contribution >= 0.6 is 15.9 Å². The van der Waals surface area contributed by atoms with Crippen LogP contribution < -0.4 is 15.8 Å². The van der Waals surface area contributed by atoms with E-state index >= 15 is 0 Å². The maximum Gasteiger partial charge on any atom is 0.247 e. The maximum atomic E-state index is 12.2. The average molecular weight is 439 g/mol. The third-order valence-electron chi connectivity index (χ3n) is 5.02. The van der Waals surface area contributed by atoms with Gasteiger partial charge in [0.25, 0.3) is 0 Å². The molecule has 0 aromatic heterocycles. The molecular formula is C19H23BrN2O5. The number of benzene rings is 1. The van der Waals surface area contributed by atoms with Crippen LogP contribution in [0.25, 0.3) is 0 Å². The van der Waals surface area contributed by atoms with E-state index in [1.165, 1.54) is 17.2 Å². The Balaban J connectivity index is 1.87. The molecule has 7 nitrogen and oxygen atoms in total. The molecule has 0 saturated carbocycles. The minimum atomic E-state index is -1.16. The number of amides is 2. The summed E-state index contributed by atoms with van der Waals surface area (Å²) in [4.78, 5) is 23.1. The zero-order chi connectivity index (χ0) is 19.7. The third kappa shape index (κ3) is 4.17. The van der Waals surface area contributed by atoms with E-state index in [4.69, 9.17) is 10.5 Å². The van der Waals surface area contributed by atoms with Crippen molar-refractivity contribution in [1.82, 2.24) is 5.32 Å². The van der Waals surface area contributed by atoms with E-state index in [2.05, 4.69) is 28.2 Å². The number of nitrogens with two attached hydrogens (primary N) is 1. The zero-order valence-electron chi connectivity index (χ0n) is 15.0. The van der Waals surface area contributed by atoms with E-state index in [9.17, 15) is 19.8 Å². The van der Waals surface area contributed by atoms with Gasteiger partial charge in [0.05, 0.1) is 17.1 Å². The molecule has 3 atom stereocenters. The van der Waals surface area contributed by atoms with E-state index < -0.39 is 30.1 Å². The molecule has 1 aromatic rings. The Bertz CT molecular complexity index is 808. The van der Waals surface area contributed by atoms with Gasteiger partial charge in [0.1, 0.15) is 18.0 Å². The van der Waals surface area contributed by atoms with Crippen LogP contribution in [0.1, 0.15) is 29.5 Å². The molecule has 5 N–H and O–H groups in total. The van der Waals surface area contributed by atoms with Crippen molar-refractivity contribution in [3.05, 3.63) is 38.9 Å². The average Bonchev–Trinajstić information content (AvgIpc) is 3.09. The molecule has 3 rings (SSSR count). The second kappa shape index (κ2) is 8.00. The molecule has 0 unspecified atom stereocenters. The molecule has 2 aliphatic rings. The van der Waals surface area contributed by atoms with Gasteiger partial charge in [0, 0.05) is 12.0 Å². The van der Waals surface area contributed by atoms with E-state index in [0.717, 1.165) is 29.3 Å². The maximum absolute atomic E-state index is 12.2. The second-order valence-corrected chi connectivity index (χ2v) is 7.85. The number of aryl methyl sites for hydroxylation is 1. The predicted molar refractivity (Wildman–Crippen MR) is 102 cm³/mol. The number of carbonyl (C=O) groups excluding carboxylic acids is 2. The van der Waals surface area contributed by atoms with Gasteiger partial charge in [-0.1, -0.05) is 0 Å². The van der Waals surface area contributed by atoms with Crippen molar-refractivity contribution in [2.75, 3.05) is 6.54 Å². The number of nitrogens with one attached hydrogen (secondary N) is 1. The lowest BCUT2D eigenvalue weighted by Gasteiger charge is -2.31. The van der Waals surface area contributed by atoms with Crippen molar-refractivity contribution >= 4 is 27.7 Å². The number of aliphatic hydroxyl groups is 2. The Morgan fingerprint density at radius 2 is 2.04 bits per heavy atom. The van der Waals surface area contributed by atoms with Crippen molar-refractivity contribution in [3.8, 4) is 5.75 Å². The monoisotopic (exact) mass is 438 g/mol. The van der Waals surface area contributed by atoms with Gasteiger partial charge in [-0.05, 0) is 70.9 Å². The number of carbonyl (C=O) groups is 2. The molecule has 146 valence electrons. The summed E-state index contributed by atoms with van der Waals surface area (Å²) in [7, 11) is 0. The summed E-state index contributed by atoms with van der Waals surface area (Å²) in [5.74, 6) is -0.534. The summed E-state index contributed by atoms with van der Waals surface area (Å²) >= 11 is 3.53. The van der Waals surface area contributed by atoms with Crippen LogP contribution in [0.3, 0.4) is 0 Å². The van der Waals surface area contributed by atoms with Crippen molar-refractivity contribution in [2.45, 2.75) is 50.9 Å². The van der Waals surface area contributed by atoms with Crippen molar-refractivity contribution in [2.24, 2.45) is 5.73 Å². The standard InChI is InChI=1S/C19H23BrN2O5/c1-9-5-13(20)18(12-4-2-3-11(9)12)27-15-7-10(6-14(23)17(15)25)19(26)22-8-16(21)24/h5,7,14-15,17,23,25H,2-4,6,8H2,1H3,(H2,21,24)(H,22,26)/t14-,15+,17-/m1/s1. The Kier molecular flexibility index (Phi) is 5.88. The van der Waals surface area contributed by atoms with Crippen molar-refractivity contribution in [3.63, 3.8) is 0 Å². The lowest BCUT2D eigenvalue weighted by atomic mass is 9.91. The first-order valence-corrected chi connectivity index (χ1v) is 9.68. The van der Waals surface area contributed by atoms with Gasteiger partial charge in [0.15, 0.2) is 0 Å². The Morgan fingerprint density at radius 1 is 1.33 bits per heavy atom. The predicted octanol–water partition coefficient (Wildman–Crippen LogP) is 0.647. The van der Waals surface area contributed by atoms with Crippen LogP contribution in [0.2, 0.25) is 0 Å². The smallest absolute Gasteiger partial charge is 0.247 e. The van der Waals surface area contributed by atoms with Crippen LogP contribution in [0.4, 0.5) is 0 Å². The Morgan fingerprint density at radius 3 is 2.74 bits per heavy atom. The molecule has 27 heavy (non-hydrogen) atoms. The van der Waals surface area contributed by atoms with Crippen molar-refractivity contribution in [1.29, 1.82) is 0 Å². The highest BCUT2D eigenvalue weighted by Gasteiger charge is 2.35. The first kappa shape index (κ1) is 19.9. The SMILES string of the molecule is Cc1cc(Br)c(O[C@H]2C=C(C(=O)NCC(N)=O)C[C@@H](O)[C@H]2O)c2c1CCC2. The molecule has 0 spiro atoms. The first-order valence-electron chi connectivity index (χ1n) is 8.88. The minimum Gasteiger partial charge on any atom is -0.482 e. The molecule has 0 fully saturated rings. The Hall–Kier alpha value is -1.90. The van der Waals surface area contributed by atoms with Crippen LogP contribution in [0, 0.1) is 6.92 Å². The third-order valence-corrected chi connectivity index (χ3v) is 5.61. The van der Waals surface area contributed by atoms with E-state index in [1.807, 2.05) is 6.07 Å². The van der Waals surface area contributed by atoms with Crippen LogP contribution in [-0.4, -0.2) is 46.9 Å². The number of hydrogen-bond donors (Lipinski definition) is 4. The highest BCUT2D eigenvalue weighted by atomic mass is 79.9. The van der Waals surface area contributed by atoms with Gasteiger partial charge in [-0.3, -0.25) is 9.59 Å². The molecule has 1 aromatic carbocycles. The van der Waals surface area contributed by atoms with E-state index in [1.54, 1.807) is 0 Å². The number of fused-ring (bicyclic) bond motifs is 1. The zero-order valence-corrected chi connectivity index (χ0v) is 16.6. The minimum absolute atomic E-state index is 0.0290. The van der Waals surface area contributed by atoms with E-state index in [0.29, 0.717) is 5.75 Å². The number of rotatable bonds is 5. The summed E-state index contributed by atoms with van der Waals surface area (Å²) in [6.07, 6.45) is 1.18. The molecule has 0 heterocycles. The van der Waals surface area contributed by atoms with E-state index in [-0.39, 0.29) is 18.5 Å². The number of ether oxygens (including phenoxy) is 1. The number of aliphatic hydroxyl groups excluding tert-OH is 2. The van der Waals surface area contributed by atoms with Gasteiger partial charge in [-0.2, -0.15) is 0 Å². The molecule has 2 aliphatic carbocycles. The molecule has 8 heteroatoms. The normalized spacial score (nSPS) is 24.1. The van der Waals surface area contributed by atoms with Crippen molar-refractivity contribution < 1.29 is 24.5 Å². The van der Waals surface area contributed by atoms with Gasteiger partial charge in [-0.15, -0.1) is 0 Å². The molecular weight excluding hydrogens is 416 g/mol. The number of halogens is 1. The first-order chi connectivity index (χ1) is 12.8. The Labute approximate surface area is 165 Å². The van der Waals surface area contributed by atoms with Crippen LogP contribution in [0.15, 0.2) is 22.2 Å². The summed E-state index contributed by atoms with van der Waals surface area (Å²) in [5.41, 5.74) is 8.83. The van der Waals surface area contributed by atoms with Gasteiger partial charge < -0.3 is 26.0 Å². The molecule has 0 bridgehead atoms. The fourth-order valence-corrected chi connectivity index (χ4v) is 4.34. The molecule has 2 amide bonds. The highest BCUT2D eigenvalue weighted by molar-refractivity contribution is 9.10. The second-order valence-electron chi connectivity index (χ2n) is 7.00. The lowest BCUT2D eigenvalue weighted by molar-refractivity contribution is -0.123. The fraction of sp³-hybridized carbons (Fsp3) is 0.474. The molecule has 0 saturated heterocycles. The molecule has 0 aliphatic heterocycles. The van der Waals surface area contributed by atoms with Crippen LogP contribution in [-0.2, 0) is 22.4 Å². The lowest BCUT2D eigenvalue weighted by Crippen LogP contribution is -2.45.